The van der Waals surface area contributed by atoms with Gasteiger partial charge in [0.1, 0.15) is 0 Å². The fraction of sp³-hybridized carbons (Fsp3) is 0.417. The molecule has 0 spiro atoms. The van der Waals surface area contributed by atoms with Gasteiger partial charge in [-0.25, -0.2) is 0 Å². The SMILES string of the molecule is Cl.NCCCNC(=O)CCOc1ccccc1[N+](=O)[O-]. The molecule has 0 atom stereocenters. The number of rotatable bonds is 8. The summed E-state index contributed by atoms with van der Waals surface area (Å²) in [6.07, 6.45) is 0.868. The number of nitro benzene ring substituents is 1. The normalized spacial score (nSPS) is 9.45. The van der Waals surface area contributed by atoms with Gasteiger partial charge in [0.2, 0.25) is 5.91 Å². The van der Waals surface area contributed by atoms with Crippen LogP contribution in [0.15, 0.2) is 24.3 Å². The van der Waals surface area contributed by atoms with Gasteiger partial charge in [0.25, 0.3) is 0 Å². The number of hydrogen-bond donors (Lipinski definition) is 2. The molecule has 0 aliphatic rings. The number of ether oxygens (including phenoxy) is 1. The molecule has 112 valence electrons. The van der Waals surface area contributed by atoms with E-state index in [0.29, 0.717) is 13.1 Å². The van der Waals surface area contributed by atoms with E-state index in [1.807, 2.05) is 0 Å². The lowest BCUT2D eigenvalue weighted by atomic mass is 10.3. The highest BCUT2D eigenvalue weighted by Gasteiger charge is 2.13. The molecule has 20 heavy (non-hydrogen) atoms. The van der Waals surface area contributed by atoms with Crippen molar-refractivity contribution in [3.05, 3.63) is 34.4 Å². The number of nitrogens with zero attached hydrogens (tertiary/aromatic N) is 1. The van der Waals surface area contributed by atoms with Crippen molar-refractivity contribution in [1.82, 2.24) is 5.32 Å². The van der Waals surface area contributed by atoms with Crippen LogP contribution in [-0.2, 0) is 4.79 Å². The van der Waals surface area contributed by atoms with E-state index in [9.17, 15) is 14.9 Å². The summed E-state index contributed by atoms with van der Waals surface area (Å²) in [5.74, 6) is 0.00860. The number of benzene rings is 1. The maximum Gasteiger partial charge on any atom is 0.310 e. The van der Waals surface area contributed by atoms with E-state index in [4.69, 9.17) is 10.5 Å². The number of nitrogens with one attached hydrogen (secondary N) is 1. The Labute approximate surface area is 123 Å². The fourth-order valence-electron chi connectivity index (χ4n) is 1.40. The Morgan fingerprint density at radius 1 is 1.40 bits per heavy atom. The number of nitrogens with two attached hydrogens (primary N) is 1. The molecule has 0 aromatic heterocycles. The van der Waals surface area contributed by atoms with E-state index < -0.39 is 4.92 Å². The summed E-state index contributed by atoms with van der Waals surface area (Å²) in [6, 6.07) is 6.06. The van der Waals surface area contributed by atoms with Gasteiger partial charge in [-0.3, -0.25) is 14.9 Å². The first-order chi connectivity index (χ1) is 9.15. The van der Waals surface area contributed by atoms with Crippen molar-refractivity contribution in [2.75, 3.05) is 19.7 Å². The zero-order chi connectivity index (χ0) is 14.1. The van der Waals surface area contributed by atoms with Crippen molar-refractivity contribution >= 4 is 24.0 Å². The molecule has 0 aliphatic heterocycles. The summed E-state index contributed by atoms with van der Waals surface area (Å²) < 4.78 is 5.25. The Bertz CT molecular complexity index is 442. The maximum absolute atomic E-state index is 11.4. The fourth-order valence-corrected chi connectivity index (χ4v) is 1.40. The van der Waals surface area contributed by atoms with Crippen LogP contribution in [0.2, 0.25) is 0 Å². The molecule has 0 fully saturated rings. The summed E-state index contributed by atoms with van der Waals surface area (Å²) in [5.41, 5.74) is 5.19. The number of carbonyl (C=O) groups is 1. The van der Waals surface area contributed by atoms with Crippen LogP contribution >= 0.6 is 12.4 Å². The van der Waals surface area contributed by atoms with Gasteiger partial charge in [-0.2, -0.15) is 0 Å². The lowest BCUT2D eigenvalue weighted by molar-refractivity contribution is -0.385. The van der Waals surface area contributed by atoms with E-state index >= 15 is 0 Å². The Morgan fingerprint density at radius 2 is 2.10 bits per heavy atom. The molecule has 0 heterocycles. The molecule has 1 rings (SSSR count). The third-order valence-corrected chi connectivity index (χ3v) is 2.35. The van der Waals surface area contributed by atoms with Crippen LogP contribution in [0.5, 0.6) is 5.75 Å². The van der Waals surface area contributed by atoms with Crippen LogP contribution in [0.4, 0.5) is 5.69 Å². The third kappa shape index (κ3) is 6.35. The smallest absolute Gasteiger partial charge is 0.310 e. The zero-order valence-corrected chi connectivity index (χ0v) is 11.7. The lowest BCUT2D eigenvalue weighted by Gasteiger charge is -2.07. The maximum atomic E-state index is 11.4. The van der Waals surface area contributed by atoms with Crippen LogP contribution in [0.3, 0.4) is 0 Å². The lowest BCUT2D eigenvalue weighted by Crippen LogP contribution is -2.27. The second-order valence-electron chi connectivity index (χ2n) is 3.82. The highest BCUT2D eigenvalue weighted by molar-refractivity contribution is 5.85. The van der Waals surface area contributed by atoms with Gasteiger partial charge in [0.05, 0.1) is 18.0 Å². The second kappa shape index (κ2) is 9.99. The van der Waals surface area contributed by atoms with E-state index in [-0.39, 0.29) is 42.8 Å². The topological polar surface area (TPSA) is 107 Å². The predicted molar refractivity (Wildman–Crippen MR) is 77.1 cm³/mol. The Kier molecular flexibility index (Phi) is 9.06. The summed E-state index contributed by atoms with van der Waals surface area (Å²) in [7, 11) is 0. The molecule has 1 amide bonds. The molecule has 0 unspecified atom stereocenters. The third-order valence-electron chi connectivity index (χ3n) is 2.35. The summed E-state index contributed by atoms with van der Waals surface area (Å²) in [4.78, 5) is 21.6. The highest BCUT2D eigenvalue weighted by atomic mass is 35.5. The van der Waals surface area contributed by atoms with Crippen LogP contribution in [0, 0.1) is 10.1 Å². The quantitative estimate of drug-likeness (QED) is 0.427. The van der Waals surface area contributed by atoms with Crippen LogP contribution in [0.1, 0.15) is 12.8 Å². The molecular formula is C12H18ClN3O4. The second-order valence-corrected chi connectivity index (χ2v) is 3.82. The van der Waals surface area contributed by atoms with Gasteiger partial charge >= 0.3 is 5.69 Å². The van der Waals surface area contributed by atoms with Gasteiger partial charge < -0.3 is 15.8 Å². The van der Waals surface area contributed by atoms with E-state index in [2.05, 4.69) is 5.32 Å². The predicted octanol–water partition coefficient (Wildman–Crippen LogP) is 1.25. The van der Waals surface area contributed by atoms with Crippen LogP contribution in [-0.4, -0.2) is 30.5 Å². The van der Waals surface area contributed by atoms with Crippen molar-refractivity contribution in [2.45, 2.75) is 12.8 Å². The summed E-state index contributed by atoms with van der Waals surface area (Å²) in [5, 5.41) is 13.4. The monoisotopic (exact) mass is 303 g/mol. The molecule has 0 radical (unpaired) electrons. The first kappa shape index (κ1) is 18.1. The van der Waals surface area contributed by atoms with Crippen LogP contribution < -0.4 is 15.8 Å². The van der Waals surface area contributed by atoms with Gasteiger partial charge in [-0.1, -0.05) is 12.1 Å². The molecule has 0 aliphatic carbocycles. The van der Waals surface area contributed by atoms with Gasteiger partial charge in [0.15, 0.2) is 5.75 Å². The number of para-hydroxylation sites is 2. The first-order valence-corrected chi connectivity index (χ1v) is 5.98. The van der Waals surface area contributed by atoms with Gasteiger partial charge in [-0.05, 0) is 19.0 Å². The van der Waals surface area contributed by atoms with Crippen molar-refractivity contribution in [1.29, 1.82) is 0 Å². The average Bonchev–Trinajstić information content (AvgIpc) is 2.39. The molecule has 1 aromatic carbocycles. The number of carbonyl (C=O) groups excluding carboxylic acids is 1. The zero-order valence-electron chi connectivity index (χ0n) is 10.9. The number of nitro groups is 1. The van der Waals surface area contributed by atoms with Crippen molar-refractivity contribution in [2.24, 2.45) is 5.73 Å². The van der Waals surface area contributed by atoms with E-state index in [1.54, 1.807) is 12.1 Å². The molecule has 8 heteroatoms. The minimum atomic E-state index is -0.517. The minimum Gasteiger partial charge on any atom is -0.486 e. The molecule has 7 nitrogen and oxygen atoms in total. The van der Waals surface area contributed by atoms with Crippen LogP contribution in [0.25, 0.3) is 0 Å². The Hall–Kier alpha value is -1.86. The number of amides is 1. The molecule has 3 N–H and O–H groups in total. The Balaban J connectivity index is 0.00000361. The van der Waals surface area contributed by atoms with Crippen molar-refractivity contribution < 1.29 is 14.5 Å². The molecule has 0 saturated carbocycles. The van der Waals surface area contributed by atoms with Crippen molar-refractivity contribution in [3.63, 3.8) is 0 Å². The Morgan fingerprint density at radius 3 is 2.75 bits per heavy atom. The molecule has 1 aromatic rings. The number of hydrogen-bond acceptors (Lipinski definition) is 5. The largest absolute Gasteiger partial charge is 0.486 e. The molecule has 0 bridgehead atoms. The van der Waals surface area contributed by atoms with E-state index in [1.165, 1.54) is 12.1 Å². The average molecular weight is 304 g/mol. The van der Waals surface area contributed by atoms with Gasteiger partial charge in [0, 0.05) is 12.6 Å². The summed E-state index contributed by atoms with van der Waals surface area (Å²) >= 11 is 0. The first-order valence-electron chi connectivity index (χ1n) is 5.98. The van der Waals surface area contributed by atoms with Gasteiger partial charge in [-0.15, -0.1) is 12.4 Å². The molecule has 0 saturated heterocycles. The van der Waals surface area contributed by atoms with E-state index in [0.717, 1.165) is 6.42 Å². The highest BCUT2D eigenvalue weighted by Crippen LogP contribution is 2.25. The minimum absolute atomic E-state index is 0. The standard InChI is InChI=1S/C12H17N3O4.ClH/c13-7-3-8-14-12(16)6-9-19-11-5-2-1-4-10(11)15(17)18;/h1-2,4-5H,3,6-9,13H2,(H,14,16);1H. The van der Waals surface area contributed by atoms with Crippen molar-refractivity contribution in [3.8, 4) is 5.75 Å². The molecular weight excluding hydrogens is 286 g/mol. The number of halogens is 1. The summed E-state index contributed by atoms with van der Waals surface area (Å²) in [6.45, 7) is 1.15.